The highest BCUT2D eigenvalue weighted by Gasteiger charge is 2.26. The number of aryl methyl sites for hydroxylation is 2. The molecule has 1 aliphatic carbocycles. The predicted octanol–water partition coefficient (Wildman–Crippen LogP) is 3.53. The molecule has 33 heavy (non-hydrogen) atoms. The first-order valence-electron chi connectivity index (χ1n) is 11.9. The Bertz CT molecular complexity index is 1070. The summed E-state index contributed by atoms with van der Waals surface area (Å²) >= 11 is 2.99. The number of amides is 2. The maximum Gasteiger partial charge on any atom is 0.409 e. The van der Waals surface area contributed by atoms with Crippen LogP contribution in [0.1, 0.15) is 50.0 Å². The van der Waals surface area contributed by atoms with E-state index in [2.05, 4.69) is 6.92 Å². The van der Waals surface area contributed by atoms with Crippen LogP contribution in [0.15, 0.2) is 9.95 Å². The molecule has 4 rings (SSSR count). The summed E-state index contributed by atoms with van der Waals surface area (Å²) in [6.07, 6.45) is 5.84. The Morgan fingerprint density at radius 2 is 1.85 bits per heavy atom. The van der Waals surface area contributed by atoms with Gasteiger partial charge in [-0.2, -0.15) is 0 Å². The number of aromatic nitrogens is 2. The third-order valence-corrected chi connectivity index (χ3v) is 8.41. The molecule has 1 saturated heterocycles. The first-order valence-corrected chi connectivity index (χ1v) is 13.7. The number of ether oxygens (including phenoxy) is 1. The summed E-state index contributed by atoms with van der Waals surface area (Å²) in [7, 11) is 0. The highest BCUT2D eigenvalue weighted by molar-refractivity contribution is 7.99. The van der Waals surface area contributed by atoms with Crippen LogP contribution in [-0.4, -0.2) is 69.9 Å². The molecular weight excluding hydrogens is 460 g/mol. The van der Waals surface area contributed by atoms with Crippen LogP contribution < -0.4 is 5.56 Å². The fourth-order valence-electron chi connectivity index (χ4n) is 4.46. The van der Waals surface area contributed by atoms with Crippen molar-refractivity contribution in [1.82, 2.24) is 19.4 Å². The SMILES string of the molecule is CCCCCn1c(SCC(=O)N2CCN(C(=O)OCC)CC2)nc2sc3c(c2c1=O)CCC3. The van der Waals surface area contributed by atoms with E-state index in [1.165, 1.54) is 22.2 Å². The standard InChI is InChI=1S/C23H32N4O4S2/c1-3-5-6-10-27-21(29)19-16-8-7-9-17(16)33-20(19)24-22(27)32-15-18(28)25-11-13-26(14-12-25)23(30)31-4-2/h3-15H2,1-2H3. The summed E-state index contributed by atoms with van der Waals surface area (Å²) < 4.78 is 6.84. The molecule has 10 heteroatoms. The van der Waals surface area contributed by atoms with Crippen molar-refractivity contribution in [2.75, 3.05) is 38.5 Å². The number of unbranched alkanes of at least 4 members (excludes halogenated alkanes) is 2. The molecule has 0 spiro atoms. The van der Waals surface area contributed by atoms with E-state index in [9.17, 15) is 14.4 Å². The molecule has 0 unspecified atom stereocenters. The maximum absolute atomic E-state index is 13.4. The van der Waals surface area contributed by atoms with E-state index < -0.39 is 0 Å². The highest BCUT2D eigenvalue weighted by Crippen LogP contribution is 2.35. The fourth-order valence-corrected chi connectivity index (χ4v) is 6.69. The number of rotatable bonds is 8. The fraction of sp³-hybridized carbons (Fsp3) is 0.652. The van der Waals surface area contributed by atoms with Gasteiger partial charge >= 0.3 is 6.09 Å². The van der Waals surface area contributed by atoms with Crippen molar-refractivity contribution >= 4 is 45.3 Å². The summed E-state index contributed by atoms with van der Waals surface area (Å²) in [4.78, 5) is 48.6. The van der Waals surface area contributed by atoms with Crippen LogP contribution >= 0.6 is 23.1 Å². The molecule has 180 valence electrons. The average molecular weight is 493 g/mol. The van der Waals surface area contributed by atoms with Gasteiger partial charge in [-0.15, -0.1) is 11.3 Å². The Kier molecular flexibility index (Phi) is 7.95. The van der Waals surface area contributed by atoms with E-state index in [1.807, 2.05) is 0 Å². The van der Waals surface area contributed by atoms with E-state index in [4.69, 9.17) is 9.72 Å². The Morgan fingerprint density at radius 3 is 2.58 bits per heavy atom. The topological polar surface area (TPSA) is 84.7 Å². The molecule has 1 aliphatic heterocycles. The highest BCUT2D eigenvalue weighted by atomic mass is 32.2. The van der Waals surface area contributed by atoms with Gasteiger partial charge in [0, 0.05) is 37.6 Å². The van der Waals surface area contributed by atoms with E-state index in [0.29, 0.717) is 44.5 Å². The molecule has 0 saturated carbocycles. The number of thioether (sulfide) groups is 1. The van der Waals surface area contributed by atoms with Crippen molar-refractivity contribution in [3.8, 4) is 0 Å². The maximum atomic E-state index is 13.4. The molecule has 0 radical (unpaired) electrons. The molecule has 2 aromatic rings. The molecule has 0 atom stereocenters. The quantitative estimate of drug-likeness (QED) is 0.318. The minimum atomic E-state index is -0.324. The minimum Gasteiger partial charge on any atom is -0.450 e. The summed E-state index contributed by atoms with van der Waals surface area (Å²) in [5, 5.41) is 1.44. The lowest BCUT2D eigenvalue weighted by atomic mass is 10.2. The Hall–Kier alpha value is -2.07. The van der Waals surface area contributed by atoms with Gasteiger partial charge in [-0.25, -0.2) is 9.78 Å². The average Bonchev–Trinajstić information content (AvgIpc) is 3.40. The van der Waals surface area contributed by atoms with Gasteiger partial charge in [0.05, 0.1) is 17.7 Å². The lowest BCUT2D eigenvalue weighted by Crippen LogP contribution is -2.51. The molecule has 0 bridgehead atoms. The summed E-state index contributed by atoms with van der Waals surface area (Å²) in [6.45, 7) is 6.84. The third kappa shape index (κ3) is 5.21. The minimum absolute atomic E-state index is 0.00615. The molecular formula is C23H32N4O4S2. The molecule has 2 amide bonds. The zero-order valence-electron chi connectivity index (χ0n) is 19.4. The summed E-state index contributed by atoms with van der Waals surface area (Å²) in [6, 6.07) is 0. The van der Waals surface area contributed by atoms with Crippen molar-refractivity contribution in [2.45, 2.75) is 64.1 Å². The summed E-state index contributed by atoms with van der Waals surface area (Å²) in [5.41, 5.74) is 1.25. The smallest absolute Gasteiger partial charge is 0.409 e. The Balaban J connectivity index is 1.46. The molecule has 2 aliphatic rings. The lowest BCUT2D eigenvalue weighted by Gasteiger charge is -2.34. The van der Waals surface area contributed by atoms with Crippen LogP contribution in [0, 0.1) is 0 Å². The monoisotopic (exact) mass is 492 g/mol. The van der Waals surface area contributed by atoms with Gasteiger partial charge in [-0.1, -0.05) is 31.5 Å². The van der Waals surface area contributed by atoms with Crippen molar-refractivity contribution < 1.29 is 14.3 Å². The number of hydrogen-bond donors (Lipinski definition) is 0. The first-order chi connectivity index (χ1) is 16.0. The number of carbonyl (C=O) groups excluding carboxylic acids is 2. The summed E-state index contributed by atoms with van der Waals surface area (Å²) in [5.74, 6) is 0.239. The van der Waals surface area contributed by atoms with Crippen molar-refractivity contribution in [1.29, 1.82) is 0 Å². The largest absolute Gasteiger partial charge is 0.450 e. The molecule has 1 fully saturated rings. The molecule has 2 aromatic heterocycles. The number of fused-ring (bicyclic) bond motifs is 3. The Morgan fingerprint density at radius 1 is 1.09 bits per heavy atom. The number of piperazine rings is 1. The second-order valence-electron chi connectivity index (χ2n) is 8.45. The lowest BCUT2D eigenvalue weighted by molar-refractivity contribution is -0.129. The zero-order chi connectivity index (χ0) is 23.4. The van der Waals surface area contributed by atoms with Gasteiger partial charge in [0.1, 0.15) is 4.83 Å². The number of nitrogens with zero attached hydrogens (tertiary/aromatic N) is 4. The molecule has 0 aromatic carbocycles. The van der Waals surface area contributed by atoms with Crippen molar-refractivity contribution in [3.63, 3.8) is 0 Å². The molecule has 3 heterocycles. The zero-order valence-corrected chi connectivity index (χ0v) is 21.1. The Labute approximate surface area is 202 Å². The van der Waals surface area contributed by atoms with Crippen LogP contribution in [-0.2, 0) is 28.9 Å². The van der Waals surface area contributed by atoms with E-state index in [-0.39, 0.29) is 23.3 Å². The van der Waals surface area contributed by atoms with Crippen molar-refractivity contribution in [2.24, 2.45) is 0 Å². The van der Waals surface area contributed by atoms with E-state index in [1.54, 1.807) is 32.6 Å². The second-order valence-corrected chi connectivity index (χ2v) is 10.5. The third-order valence-electron chi connectivity index (χ3n) is 6.26. The van der Waals surface area contributed by atoms with Gasteiger partial charge in [0.25, 0.3) is 5.56 Å². The van der Waals surface area contributed by atoms with Crippen LogP contribution in [0.4, 0.5) is 4.79 Å². The second kappa shape index (κ2) is 10.9. The van der Waals surface area contributed by atoms with Crippen LogP contribution in [0.5, 0.6) is 0 Å². The van der Waals surface area contributed by atoms with Gasteiger partial charge in [0.15, 0.2) is 5.16 Å². The number of carbonyl (C=O) groups is 2. The van der Waals surface area contributed by atoms with Crippen LogP contribution in [0.25, 0.3) is 10.2 Å². The van der Waals surface area contributed by atoms with Crippen LogP contribution in [0.2, 0.25) is 0 Å². The first kappa shape index (κ1) is 24.1. The molecule has 8 nitrogen and oxygen atoms in total. The van der Waals surface area contributed by atoms with E-state index >= 15 is 0 Å². The number of hydrogen-bond acceptors (Lipinski definition) is 7. The van der Waals surface area contributed by atoms with Crippen molar-refractivity contribution in [3.05, 3.63) is 20.8 Å². The van der Waals surface area contributed by atoms with Gasteiger partial charge in [-0.05, 0) is 38.2 Å². The normalized spacial score (nSPS) is 15.8. The number of thiophene rings is 1. The van der Waals surface area contributed by atoms with Crippen LogP contribution in [0.3, 0.4) is 0 Å². The predicted molar refractivity (Wildman–Crippen MR) is 131 cm³/mol. The molecule has 0 N–H and O–H groups in total. The van der Waals surface area contributed by atoms with Gasteiger partial charge < -0.3 is 14.5 Å². The van der Waals surface area contributed by atoms with Gasteiger partial charge in [-0.3, -0.25) is 14.2 Å². The van der Waals surface area contributed by atoms with E-state index in [0.717, 1.165) is 48.7 Å². The van der Waals surface area contributed by atoms with Gasteiger partial charge in [0.2, 0.25) is 5.91 Å².